The van der Waals surface area contributed by atoms with Gasteiger partial charge in [0.05, 0.1) is 4.91 Å². The highest BCUT2D eigenvalue weighted by atomic mass is 35.5. The lowest BCUT2D eigenvalue weighted by molar-refractivity contribution is -0.127. The molecule has 3 rings (SSSR count). The van der Waals surface area contributed by atoms with E-state index in [9.17, 15) is 14.4 Å². The van der Waals surface area contributed by atoms with Crippen LogP contribution in [0.2, 0.25) is 5.02 Å². The van der Waals surface area contributed by atoms with E-state index in [-0.39, 0.29) is 11.4 Å². The third-order valence-electron chi connectivity index (χ3n) is 3.98. The summed E-state index contributed by atoms with van der Waals surface area (Å²) in [5.41, 5.74) is 3.38. The standard InChI is InChI=1S/C20H17ClN2O3S/c1-12-6-7-16(13(2)8-12)22-18(24)11-23-19(25)17(27-20(23)26)10-14-4-3-5-15(21)9-14/h3-10H,11H2,1-2H3,(H,22,24)/b17-10+. The third kappa shape index (κ3) is 4.59. The van der Waals surface area contributed by atoms with Crippen molar-refractivity contribution in [3.8, 4) is 0 Å². The van der Waals surface area contributed by atoms with E-state index in [1.165, 1.54) is 0 Å². The molecule has 1 fully saturated rings. The maximum Gasteiger partial charge on any atom is 0.294 e. The summed E-state index contributed by atoms with van der Waals surface area (Å²) in [6, 6.07) is 12.6. The Bertz CT molecular complexity index is 971. The first-order valence-electron chi connectivity index (χ1n) is 8.21. The molecular weight excluding hydrogens is 384 g/mol. The SMILES string of the molecule is Cc1ccc(NC(=O)CN2C(=O)S/C(=C/c3cccc(Cl)c3)C2=O)c(C)c1. The Morgan fingerprint density at radius 1 is 1.19 bits per heavy atom. The van der Waals surface area contributed by atoms with E-state index in [0.717, 1.165) is 27.8 Å². The summed E-state index contributed by atoms with van der Waals surface area (Å²) in [7, 11) is 0. The van der Waals surface area contributed by atoms with Crippen LogP contribution < -0.4 is 5.32 Å². The Kier molecular flexibility index (Phi) is 5.68. The van der Waals surface area contributed by atoms with Crippen LogP contribution >= 0.6 is 23.4 Å². The fourth-order valence-corrected chi connectivity index (χ4v) is 3.71. The predicted molar refractivity (Wildman–Crippen MR) is 109 cm³/mol. The molecule has 1 saturated heterocycles. The molecule has 0 saturated carbocycles. The van der Waals surface area contributed by atoms with Gasteiger partial charge in [-0.25, -0.2) is 0 Å². The quantitative estimate of drug-likeness (QED) is 0.759. The van der Waals surface area contributed by atoms with Crippen molar-refractivity contribution in [2.45, 2.75) is 13.8 Å². The number of carbonyl (C=O) groups excluding carboxylic acids is 3. The number of hydrogen-bond acceptors (Lipinski definition) is 4. The van der Waals surface area contributed by atoms with Crippen LogP contribution in [0.1, 0.15) is 16.7 Å². The number of imide groups is 1. The van der Waals surface area contributed by atoms with Crippen LogP contribution in [-0.2, 0) is 9.59 Å². The molecule has 0 aliphatic carbocycles. The van der Waals surface area contributed by atoms with Crippen LogP contribution in [0.25, 0.3) is 6.08 Å². The molecule has 1 heterocycles. The van der Waals surface area contributed by atoms with Gasteiger partial charge in [0.25, 0.3) is 11.1 Å². The van der Waals surface area contributed by atoms with Crippen molar-refractivity contribution < 1.29 is 14.4 Å². The van der Waals surface area contributed by atoms with Crippen molar-refractivity contribution in [3.05, 3.63) is 69.1 Å². The van der Waals surface area contributed by atoms with Crippen LogP contribution in [-0.4, -0.2) is 28.5 Å². The number of rotatable bonds is 4. The minimum Gasteiger partial charge on any atom is -0.324 e. The van der Waals surface area contributed by atoms with Crippen molar-refractivity contribution in [3.63, 3.8) is 0 Å². The highest BCUT2D eigenvalue weighted by molar-refractivity contribution is 8.18. The van der Waals surface area contributed by atoms with Gasteiger partial charge in [0, 0.05) is 10.7 Å². The van der Waals surface area contributed by atoms with Gasteiger partial charge in [0.2, 0.25) is 5.91 Å². The van der Waals surface area contributed by atoms with Gasteiger partial charge in [-0.05, 0) is 61.0 Å². The van der Waals surface area contributed by atoms with Gasteiger partial charge in [-0.1, -0.05) is 41.4 Å². The molecule has 1 aliphatic heterocycles. The lowest BCUT2D eigenvalue weighted by atomic mass is 10.1. The normalized spacial score (nSPS) is 15.5. The number of nitrogens with zero attached hydrogens (tertiary/aromatic N) is 1. The fraction of sp³-hybridized carbons (Fsp3) is 0.150. The molecule has 0 aromatic heterocycles. The van der Waals surface area contributed by atoms with Crippen LogP contribution in [0.15, 0.2) is 47.4 Å². The van der Waals surface area contributed by atoms with E-state index in [1.54, 1.807) is 36.4 Å². The van der Waals surface area contributed by atoms with E-state index in [4.69, 9.17) is 11.6 Å². The molecule has 0 atom stereocenters. The Balaban J connectivity index is 1.71. The fourth-order valence-electron chi connectivity index (χ4n) is 2.67. The summed E-state index contributed by atoms with van der Waals surface area (Å²) >= 11 is 6.75. The van der Waals surface area contributed by atoms with Crippen molar-refractivity contribution >= 4 is 52.2 Å². The first-order valence-corrected chi connectivity index (χ1v) is 9.41. The van der Waals surface area contributed by atoms with Gasteiger partial charge >= 0.3 is 0 Å². The largest absolute Gasteiger partial charge is 0.324 e. The smallest absolute Gasteiger partial charge is 0.294 e. The van der Waals surface area contributed by atoms with Crippen LogP contribution in [0.3, 0.4) is 0 Å². The Hall–Kier alpha value is -2.57. The Morgan fingerprint density at radius 2 is 1.96 bits per heavy atom. The zero-order valence-corrected chi connectivity index (χ0v) is 16.4. The first kappa shape index (κ1) is 19.2. The Labute approximate surface area is 166 Å². The minimum absolute atomic E-state index is 0.265. The molecular formula is C20H17ClN2O3S. The van der Waals surface area contributed by atoms with Gasteiger partial charge in [-0.2, -0.15) is 0 Å². The van der Waals surface area contributed by atoms with E-state index in [1.807, 2.05) is 26.0 Å². The number of aryl methyl sites for hydroxylation is 2. The third-order valence-corrected chi connectivity index (χ3v) is 5.12. The second-order valence-corrected chi connectivity index (χ2v) is 7.62. The second-order valence-electron chi connectivity index (χ2n) is 6.19. The number of hydrogen-bond donors (Lipinski definition) is 1. The monoisotopic (exact) mass is 400 g/mol. The van der Waals surface area contributed by atoms with Crippen LogP contribution in [0.4, 0.5) is 10.5 Å². The van der Waals surface area contributed by atoms with Gasteiger partial charge in [-0.3, -0.25) is 19.3 Å². The molecule has 138 valence electrons. The van der Waals surface area contributed by atoms with Gasteiger partial charge in [-0.15, -0.1) is 0 Å². The summed E-state index contributed by atoms with van der Waals surface area (Å²) in [5.74, 6) is -0.908. The lowest BCUT2D eigenvalue weighted by Gasteiger charge is -2.14. The lowest BCUT2D eigenvalue weighted by Crippen LogP contribution is -2.36. The molecule has 0 unspecified atom stereocenters. The summed E-state index contributed by atoms with van der Waals surface area (Å²) < 4.78 is 0. The molecule has 2 aromatic carbocycles. The van der Waals surface area contributed by atoms with E-state index in [0.29, 0.717) is 16.3 Å². The first-order chi connectivity index (χ1) is 12.8. The van der Waals surface area contributed by atoms with Gasteiger partial charge in [0.1, 0.15) is 6.54 Å². The van der Waals surface area contributed by atoms with Crippen LogP contribution in [0, 0.1) is 13.8 Å². The summed E-state index contributed by atoms with van der Waals surface area (Å²) in [6.07, 6.45) is 1.60. The van der Waals surface area contributed by atoms with Crippen molar-refractivity contribution in [2.24, 2.45) is 0 Å². The van der Waals surface area contributed by atoms with Gasteiger partial charge in [0.15, 0.2) is 0 Å². The zero-order chi connectivity index (χ0) is 19.6. The zero-order valence-electron chi connectivity index (χ0n) is 14.8. The highest BCUT2D eigenvalue weighted by Crippen LogP contribution is 2.32. The number of benzene rings is 2. The molecule has 7 heteroatoms. The topological polar surface area (TPSA) is 66.5 Å². The molecule has 0 bridgehead atoms. The number of thioether (sulfide) groups is 1. The maximum atomic E-state index is 12.5. The molecule has 1 N–H and O–H groups in total. The van der Waals surface area contributed by atoms with Crippen molar-refractivity contribution in [1.82, 2.24) is 4.90 Å². The second kappa shape index (κ2) is 7.98. The molecule has 5 nitrogen and oxygen atoms in total. The molecule has 0 radical (unpaired) electrons. The van der Waals surface area contributed by atoms with E-state index in [2.05, 4.69) is 5.32 Å². The molecule has 27 heavy (non-hydrogen) atoms. The summed E-state index contributed by atoms with van der Waals surface area (Å²) in [5, 5.41) is 2.82. The number of nitrogens with one attached hydrogen (secondary N) is 1. The van der Waals surface area contributed by atoms with E-state index >= 15 is 0 Å². The molecule has 1 aliphatic rings. The number of halogens is 1. The van der Waals surface area contributed by atoms with Crippen LogP contribution in [0.5, 0.6) is 0 Å². The highest BCUT2D eigenvalue weighted by Gasteiger charge is 2.36. The molecule has 3 amide bonds. The minimum atomic E-state index is -0.485. The average Bonchev–Trinajstić information content (AvgIpc) is 2.85. The Morgan fingerprint density at radius 3 is 2.67 bits per heavy atom. The van der Waals surface area contributed by atoms with Gasteiger partial charge < -0.3 is 5.32 Å². The maximum absolute atomic E-state index is 12.5. The van der Waals surface area contributed by atoms with Crippen molar-refractivity contribution in [2.75, 3.05) is 11.9 Å². The molecule has 2 aromatic rings. The number of carbonyl (C=O) groups is 3. The summed E-state index contributed by atoms with van der Waals surface area (Å²) in [4.78, 5) is 38.2. The number of amides is 3. The summed E-state index contributed by atoms with van der Waals surface area (Å²) in [6.45, 7) is 3.52. The predicted octanol–water partition coefficient (Wildman–Crippen LogP) is 4.63. The molecule has 0 spiro atoms. The van der Waals surface area contributed by atoms with E-state index < -0.39 is 17.1 Å². The number of anilines is 1. The average molecular weight is 401 g/mol. The van der Waals surface area contributed by atoms with Crippen molar-refractivity contribution in [1.29, 1.82) is 0 Å².